The van der Waals surface area contributed by atoms with Gasteiger partial charge < -0.3 is 19.7 Å². The van der Waals surface area contributed by atoms with Crippen LogP contribution in [0.1, 0.15) is 6.42 Å². The number of nitrogens with zero attached hydrogens (tertiary/aromatic N) is 3. The SMILES string of the molecule is CNC(=O)C1CCN(c2nc(OC)cc(OC)n2)C1. The molecule has 1 aliphatic heterocycles. The number of rotatable bonds is 4. The van der Waals surface area contributed by atoms with Crippen LogP contribution in [-0.4, -0.2) is 50.2 Å². The molecule has 1 saturated heterocycles. The fraction of sp³-hybridized carbons (Fsp3) is 0.583. The van der Waals surface area contributed by atoms with E-state index >= 15 is 0 Å². The summed E-state index contributed by atoms with van der Waals surface area (Å²) >= 11 is 0. The van der Waals surface area contributed by atoms with Crippen molar-refractivity contribution in [3.05, 3.63) is 6.07 Å². The molecule has 0 aliphatic carbocycles. The highest BCUT2D eigenvalue weighted by atomic mass is 16.5. The van der Waals surface area contributed by atoms with Crippen LogP contribution in [0.15, 0.2) is 6.07 Å². The first-order valence-electron chi connectivity index (χ1n) is 6.11. The average Bonchev–Trinajstić information content (AvgIpc) is 2.95. The molecule has 1 fully saturated rings. The van der Waals surface area contributed by atoms with Crippen LogP contribution in [0, 0.1) is 5.92 Å². The molecule has 7 heteroatoms. The van der Waals surface area contributed by atoms with E-state index in [0.29, 0.717) is 24.3 Å². The molecule has 1 atom stereocenters. The standard InChI is InChI=1S/C12H18N4O3/c1-13-11(17)8-4-5-16(7-8)12-14-9(18-2)6-10(15-12)19-3/h6,8H,4-5,7H2,1-3H3,(H,13,17). The molecule has 1 unspecified atom stereocenters. The van der Waals surface area contributed by atoms with Gasteiger partial charge in [0.25, 0.3) is 0 Å². The van der Waals surface area contributed by atoms with Gasteiger partial charge in [0.15, 0.2) is 0 Å². The third-order valence-electron chi connectivity index (χ3n) is 3.17. The highest BCUT2D eigenvalue weighted by Crippen LogP contribution is 2.25. The molecular weight excluding hydrogens is 248 g/mol. The van der Waals surface area contributed by atoms with Crippen molar-refractivity contribution in [3.8, 4) is 11.8 Å². The summed E-state index contributed by atoms with van der Waals surface area (Å²) in [6.45, 7) is 1.35. The van der Waals surface area contributed by atoms with Crippen molar-refractivity contribution in [2.75, 3.05) is 39.3 Å². The van der Waals surface area contributed by atoms with Crippen LogP contribution in [0.2, 0.25) is 0 Å². The molecule has 0 radical (unpaired) electrons. The molecule has 0 saturated carbocycles. The molecule has 0 spiro atoms. The molecular formula is C12H18N4O3. The summed E-state index contributed by atoms with van der Waals surface area (Å²) in [6, 6.07) is 1.62. The molecule has 2 heterocycles. The number of hydrogen-bond donors (Lipinski definition) is 1. The number of ether oxygens (including phenoxy) is 2. The van der Waals surface area contributed by atoms with Crippen LogP contribution < -0.4 is 19.7 Å². The number of carbonyl (C=O) groups is 1. The largest absolute Gasteiger partial charge is 0.481 e. The summed E-state index contributed by atoms with van der Waals surface area (Å²) < 4.78 is 10.2. The van der Waals surface area contributed by atoms with E-state index in [1.54, 1.807) is 27.3 Å². The van der Waals surface area contributed by atoms with Gasteiger partial charge in [-0.25, -0.2) is 0 Å². The van der Waals surface area contributed by atoms with Crippen molar-refractivity contribution in [2.45, 2.75) is 6.42 Å². The molecule has 19 heavy (non-hydrogen) atoms. The molecule has 1 amide bonds. The normalized spacial score (nSPS) is 18.3. The Balaban J connectivity index is 2.16. The number of methoxy groups -OCH3 is 2. The molecule has 0 bridgehead atoms. The number of nitrogens with one attached hydrogen (secondary N) is 1. The molecule has 1 aromatic rings. The highest BCUT2D eigenvalue weighted by Gasteiger charge is 2.29. The van der Waals surface area contributed by atoms with Crippen molar-refractivity contribution >= 4 is 11.9 Å². The van der Waals surface area contributed by atoms with Gasteiger partial charge in [-0.3, -0.25) is 4.79 Å². The molecule has 1 aromatic heterocycles. The summed E-state index contributed by atoms with van der Waals surface area (Å²) in [7, 11) is 4.74. The van der Waals surface area contributed by atoms with E-state index in [-0.39, 0.29) is 11.8 Å². The van der Waals surface area contributed by atoms with Gasteiger partial charge in [0.1, 0.15) is 0 Å². The van der Waals surface area contributed by atoms with Gasteiger partial charge in [-0.2, -0.15) is 9.97 Å². The Bertz CT molecular complexity index is 444. The average molecular weight is 266 g/mol. The van der Waals surface area contributed by atoms with Crippen molar-refractivity contribution in [1.82, 2.24) is 15.3 Å². The minimum absolute atomic E-state index is 0.0224. The molecule has 7 nitrogen and oxygen atoms in total. The van der Waals surface area contributed by atoms with Gasteiger partial charge in [0.05, 0.1) is 26.2 Å². The quantitative estimate of drug-likeness (QED) is 0.831. The summed E-state index contributed by atoms with van der Waals surface area (Å²) in [5.41, 5.74) is 0. The Hall–Kier alpha value is -2.05. The molecule has 2 rings (SSSR count). The Morgan fingerprint density at radius 3 is 2.53 bits per heavy atom. The fourth-order valence-electron chi connectivity index (χ4n) is 2.10. The second-order valence-corrected chi connectivity index (χ2v) is 4.30. The maximum atomic E-state index is 11.6. The van der Waals surface area contributed by atoms with Crippen LogP contribution in [0.4, 0.5) is 5.95 Å². The lowest BCUT2D eigenvalue weighted by molar-refractivity contribution is -0.123. The summed E-state index contributed by atoms with van der Waals surface area (Å²) in [5, 5.41) is 2.67. The first-order chi connectivity index (χ1) is 9.17. The number of aromatic nitrogens is 2. The lowest BCUT2D eigenvalue weighted by atomic mass is 10.1. The van der Waals surface area contributed by atoms with E-state index < -0.39 is 0 Å². The minimum Gasteiger partial charge on any atom is -0.481 e. The van der Waals surface area contributed by atoms with Crippen molar-refractivity contribution in [3.63, 3.8) is 0 Å². The summed E-state index contributed by atoms with van der Waals surface area (Å²) in [5.74, 6) is 1.46. The summed E-state index contributed by atoms with van der Waals surface area (Å²) in [6.07, 6.45) is 0.794. The van der Waals surface area contributed by atoms with Gasteiger partial charge in [0.2, 0.25) is 23.6 Å². The second kappa shape index (κ2) is 5.73. The smallest absolute Gasteiger partial charge is 0.231 e. The Labute approximate surface area is 111 Å². The number of anilines is 1. The van der Waals surface area contributed by atoms with E-state index in [9.17, 15) is 4.79 Å². The van der Waals surface area contributed by atoms with Gasteiger partial charge in [0, 0.05) is 20.1 Å². The maximum Gasteiger partial charge on any atom is 0.231 e. The predicted octanol–water partition coefficient (Wildman–Crippen LogP) is 0.0661. The monoisotopic (exact) mass is 266 g/mol. The van der Waals surface area contributed by atoms with Crippen LogP contribution in [0.5, 0.6) is 11.8 Å². The Morgan fingerprint density at radius 2 is 2.00 bits per heavy atom. The van der Waals surface area contributed by atoms with Crippen LogP contribution >= 0.6 is 0 Å². The molecule has 1 aliphatic rings. The van der Waals surface area contributed by atoms with Crippen molar-refractivity contribution < 1.29 is 14.3 Å². The molecule has 104 valence electrons. The first-order valence-corrected chi connectivity index (χ1v) is 6.11. The van der Waals surface area contributed by atoms with E-state index in [1.165, 1.54) is 0 Å². The Morgan fingerprint density at radius 1 is 1.37 bits per heavy atom. The Kier molecular flexibility index (Phi) is 4.03. The molecule has 1 N–H and O–H groups in total. The van der Waals surface area contributed by atoms with E-state index in [2.05, 4.69) is 15.3 Å². The zero-order valence-corrected chi connectivity index (χ0v) is 11.3. The van der Waals surface area contributed by atoms with Crippen molar-refractivity contribution in [1.29, 1.82) is 0 Å². The molecule has 0 aromatic carbocycles. The maximum absolute atomic E-state index is 11.6. The number of hydrogen-bond acceptors (Lipinski definition) is 6. The second-order valence-electron chi connectivity index (χ2n) is 4.30. The number of amides is 1. The van der Waals surface area contributed by atoms with Gasteiger partial charge in [-0.05, 0) is 6.42 Å². The van der Waals surface area contributed by atoms with E-state index in [0.717, 1.165) is 13.0 Å². The van der Waals surface area contributed by atoms with Crippen LogP contribution in [0.25, 0.3) is 0 Å². The third-order valence-corrected chi connectivity index (χ3v) is 3.17. The zero-order valence-electron chi connectivity index (χ0n) is 11.3. The van der Waals surface area contributed by atoms with Crippen molar-refractivity contribution in [2.24, 2.45) is 5.92 Å². The highest BCUT2D eigenvalue weighted by molar-refractivity contribution is 5.79. The minimum atomic E-state index is -0.0224. The van der Waals surface area contributed by atoms with E-state index in [4.69, 9.17) is 9.47 Å². The van der Waals surface area contributed by atoms with E-state index in [1.807, 2.05) is 4.90 Å². The lowest BCUT2D eigenvalue weighted by Gasteiger charge is -2.17. The number of carbonyl (C=O) groups excluding carboxylic acids is 1. The van der Waals surface area contributed by atoms with Gasteiger partial charge >= 0.3 is 0 Å². The lowest BCUT2D eigenvalue weighted by Crippen LogP contribution is -2.30. The predicted molar refractivity (Wildman–Crippen MR) is 69.5 cm³/mol. The van der Waals surface area contributed by atoms with Gasteiger partial charge in [-0.15, -0.1) is 0 Å². The fourth-order valence-corrected chi connectivity index (χ4v) is 2.10. The van der Waals surface area contributed by atoms with Crippen LogP contribution in [0.3, 0.4) is 0 Å². The van der Waals surface area contributed by atoms with Gasteiger partial charge in [-0.1, -0.05) is 0 Å². The third kappa shape index (κ3) is 2.86. The zero-order chi connectivity index (χ0) is 13.8. The van der Waals surface area contributed by atoms with Crippen LogP contribution in [-0.2, 0) is 4.79 Å². The summed E-state index contributed by atoms with van der Waals surface area (Å²) in [4.78, 5) is 22.1. The topological polar surface area (TPSA) is 76.6 Å². The first kappa shape index (κ1) is 13.4.